The Kier molecular flexibility index (Phi) is 3.93. The number of ether oxygens (including phenoxy) is 1. The molecule has 0 N–H and O–H groups in total. The highest BCUT2D eigenvalue weighted by molar-refractivity contribution is 5.88. The van der Waals surface area contributed by atoms with Crippen molar-refractivity contribution in [3.05, 3.63) is 112 Å². The number of hydrogen-bond donors (Lipinski definition) is 0. The number of allylic oxidation sites excluding steroid dienone is 1. The Morgan fingerprint density at radius 3 is 2.20 bits per heavy atom. The molecule has 0 saturated carbocycles. The molecular weight excluding hydrogens is 304 g/mol. The quantitative estimate of drug-likeness (QED) is 0.586. The van der Waals surface area contributed by atoms with E-state index in [1.54, 1.807) is 7.11 Å². The summed E-state index contributed by atoms with van der Waals surface area (Å²) in [6, 6.07) is 26.1. The number of aryl methyl sites for hydroxylation is 2. The zero-order chi connectivity index (χ0) is 17.4. The van der Waals surface area contributed by atoms with E-state index < -0.39 is 0 Å². The molecule has 124 valence electrons. The van der Waals surface area contributed by atoms with Gasteiger partial charge < -0.3 is 4.74 Å². The van der Waals surface area contributed by atoms with Gasteiger partial charge >= 0.3 is 0 Å². The maximum absolute atomic E-state index is 5.99. The van der Waals surface area contributed by atoms with Crippen molar-refractivity contribution < 1.29 is 4.74 Å². The highest BCUT2D eigenvalue weighted by atomic mass is 16.5. The minimum Gasteiger partial charge on any atom is -0.499 e. The van der Waals surface area contributed by atoms with Crippen molar-refractivity contribution >= 4 is 5.57 Å². The zero-order valence-electron chi connectivity index (χ0n) is 14.9. The molecule has 1 aliphatic carbocycles. The molecule has 1 aliphatic rings. The molecule has 3 aromatic carbocycles. The molecule has 0 spiro atoms. The number of rotatable bonds is 3. The van der Waals surface area contributed by atoms with Crippen molar-refractivity contribution in [1.29, 1.82) is 0 Å². The molecule has 1 nitrogen and oxygen atoms in total. The molecule has 1 heteroatoms. The van der Waals surface area contributed by atoms with Crippen molar-refractivity contribution in [2.75, 3.05) is 7.11 Å². The first kappa shape index (κ1) is 15.7. The van der Waals surface area contributed by atoms with Gasteiger partial charge in [0.1, 0.15) is 5.76 Å². The maximum Gasteiger partial charge on any atom is 0.116 e. The van der Waals surface area contributed by atoms with Gasteiger partial charge in [0.2, 0.25) is 0 Å². The third-order valence-corrected chi connectivity index (χ3v) is 4.95. The number of benzene rings is 3. The Labute approximate surface area is 149 Å². The van der Waals surface area contributed by atoms with Crippen LogP contribution in [0.3, 0.4) is 0 Å². The average molecular weight is 326 g/mol. The molecule has 0 aliphatic heterocycles. The molecule has 0 aromatic heterocycles. The summed E-state index contributed by atoms with van der Waals surface area (Å²) in [6.45, 7) is 4.28. The Morgan fingerprint density at radius 1 is 0.760 bits per heavy atom. The predicted molar refractivity (Wildman–Crippen MR) is 104 cm³/mol. The molecule has 3 aromatic rings. The molecule has 4 rings (SSSR count). The van der Waals surface area contributed by atoms with E-state index >= 15 is 0 Å². The standard InChI is InChI=1S/C24H22O/c1-16-8-6-10-18(14-16)22-20-12-4-5-13-21(20)23(24(22)25-3)19-11-7-9-17(2)15-19/h4-15,22H,1-3H3. The summed E-state index contributed by atoms with van der Waals surface area (Å²) in [5, 5.41) is 0. The van der Waals surface area contributed by atoms with E-state index in [9.17, 15) is 0 Å². The lowest BCUT2D eigenvalue weighted by atomic mass is 9.91. The van der Waals surface area contributed by atoms with Gasteiger partial charge in [-0.1, -0.05) is 83.9 Å². The van der Waals surface area contributed by atoms with E-state index in [0.717, 1.165) is 5.76 Å². The van der Waals surface area contributed by atoms with Gasteiger partial charge in [0.15, 0.2) is 0 Å². The summed E-state index contributed by atoms with van der Waals surface area (Å²) in [5.41, 5.74) is 8.85. The Balaban J connectivity index is 1.99. The van der Waals surface area contributed by atoms with E-state index in [2.05, 4.69) is 86.6 Å². The Morgan fingerprint density at radius 2 is 1.48 bits per heavy atom. The predicted octanol–water partition coefficient (Wildman–Crippen LogP) is 5.85. The molecule has 0 bridgehead atoms. The fraction of sp³-hybridized carbons (Fsp3) is 0.167. The number of methoxy groups -OCH3 is 1. The summed E-state index contributed by atoms with van der Waals surface area (Å²) < 4.78 is 5.99. The molecule has 0 amide bonds. The van der Waals surface area contributed by atoms with Crippen LogP contribution < -0.4 is 0 Å². The van der Waals surface area contributed by atoms with Crippen LogP contribution in [0, 0.1) is 13.8 Å². The van der Waals surface area contributed by atoms with Gasteiger partial charge in [-0.2, -0.15) is 0 Å². The first-order valence-corrected chi connectivity index (χ1v) is 8.70. The third-order valence-electron chi connectivity index (χ3n) is 4.95. The maximum atomic E-state index is 5.99. The topological polar surface area (TPSA) is 9.23 Å². The lowest BCUT2D eigenvalue weighted by Gasteiger charge is -2.17. The van der Waals surface area contributed by atoms with Crippen LogP contribution in [0.15, 0.2) is 78.6 Å². The SMILES string of the molecule is COC1=C(c2cccc(C)c2)c2ccccc2C1c1cccc(C)c1. The summed E-state index contributed by atoms with van der Waals surface area (Å²) in [4.78, 5) is 0. The molecule has 1 atom stereocenters. The molecule has 0 radical (unpaired) electrons. The fourth-order valence-corrected chi connectivity index (χ4v) is 3.89. The highest BCUT2D eigenvalue weighted by Crippen LogP contribution is 2.48. The Hall–Kier alpha value is -2.80. The first-order valence-electron chi connectivity index (χ1n) is 8.70. The molecule has 25 heavy (non-hydrogen) atoms. The first-order chi connectivity index (χ1) is 12.2. The largest absolute Gasteiger partial charge is 0.499 e. The third kappa shape index (κ3) is 2.66. The number of fused-ring (bicyclic) bond motifs is 1. The lowest BCUT2D eigenvalue weighted by Crippen LogP contribution is -2.03. The zero-order valence-corrected chi connectivity index (χ0v) is 14.9. The van der Waals surface area contributed by atoms with Crippen LogP contribution in [0.1, 0.15) is 39.3 Å². The second kappa shape index (κ2) is 6.25. The van der Waals surface area contributed by atoms with Gasteiger partial charge in [0.25, 0.3) is 0 Å². The van der Waals surface area contributed by atoms with E-state index in [-0.39, 0.29) is 5.92 Å². The van der Waals surface area contributed by atoms with Crippen LogP contribution in [-0.4, -0.2) is 7.11 Å². The van der Waals surface area contributed by atoms with Crippen LogP contribution in [0.2, 0.25) is 0 Å². The van der Waals surface area contributed by atoms with E-state index in [1.807, 2.05) is 0 Å². The minimum atomic E-state index is 0.150. The van der Waals surface area contributed by atoms with Crippen molar-refractivity contribution in [3.63, 3.8) is 0 Å². The molecular formula is C24H22O. The summed E-state index contributed by atoms with van der Waals surface area (Å²) >= 11 is 0. The lowest BCUT2D eigenvalue weighted by molar-refractivity contribution is 0.278. The van der Waals surface area contributed by atoms with Gasteiger partial charge in [-0.25, -0.2) is 0 Å². The smallest absolute Gasteiger partial charge is 0.116 e. The second-order valence-corrected chi connectivity index (χ2v) is 6.75. The van der Waals surface area contributed by atoms with E-state index in [4.69, 9.17) is 4.74 Å². The monoisotopic (exact) mass is 326 g/mol. The Bertz CT molecular complexity index is 965. The van der Waals surface area contributed by atoms with E-state index in [1.165, 1.54) is 39.0 Å². The van der Waals surface area contributed by atoms with Crippen LogP contribution in [-0.2, 0) is 4.74 Å². The van der Waals surface area contributed by atoms with Crippen LogP contribution in [0.4, 0.5) is 0 Å². The molecule has 0 fully saturated rings. The van der Waals surface area contributed by atoms with Gasteiger partial charge in [-0.15, -0.1) is 0 Å². The number of hydrogen-bond acceptors (Lipinski definition) is 1. The summed E-state index contributed by atoms with van der Waals surface area (Å²) in [5.74, 6) is 1.19. The van der Waals surface area contributed by atoms with Crippen LogP contribution in [0.25, 0.3) is 5.57 Å². The van der Waals surface area contributed by atoms with E-state index in [0.29, 0.717) is 0 Å². The van der Waals surface area contributed by atoms with Gasteiger partial charge in [0, 0.05) is 5.57 Å². The minimum absolute atomic E-state index is 0.150. The fourth-order valence-electron chi connectivity index (χ4n) is 3.89. The normalized spacial score (nSPS) is 16.0. The second-order valence-electron chi connectivity index (χ2n) is 6.75. The highest BCUT2D eigenvalue weighted by Gasteiger charge is 2.34. The van der Waals surface area contributed by atoms with Crippen molar-refractivity contribution in [2.45, 2.75) is 19.8 Å². The summed E-state index contributed by atoms with van der Waals surface area (Å²) in [7, 11) is 1.79. The average Bonchev–Trinajstić information content (AvgIpc) is 2.96. The van der Waals surface area contributed by atoms with Gasteiger partial charge in [-0.3, -0.25) is 0 Å². The van der Waals surface area contributed by atoms with Crippen molar-refractivity contribution in [3.8, 4) is 0 Å². The van der Waals surface area contributed by atoms with Crippen LogP contribution >= 0.6 is 0 Å². The molecule has 0 saturated heterocycles. The van der Waals surface area contributed by atoms with Gasteiger partial charge in [0.05, 0.1) is 13.0 Å². The van der Waals surface area contributed by atoms with Gasteiger partial charge in [-0.05, 0) is 36.1 Å². The molecule has 1 unspecified atom stereocenters. The van der Waals surface area contributed by atoms with Crippen molar-refractivity contribution in [2.24, 2.45) is 0 Å². The molecule has 0 heterocycles. The van der Waals surface area contributed by atoms with Crippen molar-refractivity contribution in [1.82, 2.24) is 0 Å². The van der Waals surface area contributed by atoms with Crippen LogP contribution in [0.5, 0.6) is 0 Å². The summed E-state index contributed by atoms with van der Waals surface area (Å²) in [6.07, 6.45) is 0.